The van der Waals surface area contributed by atoms with E-state index in [0.717, 1.165) is 31.5 Å². The summed E-state index contributed by atoms with van der Waals surface area (Å²) >= 11 is 0. The Labute approximate surface area is 129 Å². The molecule has 1 aromatic heterocycles. The molecule has 1 aliphatic heterocycles. The average Bonchev–Trinajstić information content (AvgIpc) is 3.24. The Bertz CT molecular complexity index is 547. The Kier molecular flexibility index (Phi) is 4.18. The SMILES string of the molecule is CC[C@@H](O)Cn1nc(C2CCOCC2)nc1C1(C(N)=O)CC1. The van der Waals surface area contributed by atoms with Crippen molar-refractivity contribution < 1.29 is 14.6 Å². The maximum absolute atomic E-state index is 11.8. The van der Waals surface area contributed by atoms with Gasteiger partial charge in [-0.05, 0) is 32.1 Å². The van der Waals surface area contributed by atoms with Gasteiger partial charge in [-0.1, -0.05) is 6.92 Å². The van der Waals surface area contributed by atoms with Crippen LogP contribution in [0.25, 0.3) is 0 Å². The topological polar surface area (TPSA) is 103 Å². The van der Waals surface area contributed by atoms with E-state index >= 15 is 0 Å². The molecule has 1 saturated heterocycles. The summed E-state index contributed by atoms with van der Waals surface area (Å²) in [7, 11) is 0. The molecule has 0 bridgehead atoms. The van der Waals surface area contributed by atoms with E-state index in [-0.39, 0.29) is 11.8 Å². The highest BCUT2D eigenvalue weighted by Gasteiger charge is 2.54. The molecule has 2 aliphatic rings. The third-order valence-corrected chi connectivity index (χ3v) is 4.78. The predicted molar refractivity (Wildman–Crippen MR) is 79.2 cm³/mol. The summed E-state index contributed by atoms with van der Waals surface area (Å²) in [5.74, 6) is 1.31. The molecule has 1 aliphatic carbocycles. The number of ether oxygens (including phenoxy) is 1. The number of hydrogen-bond acceptors (Lipinski definition) is 5. The van der Waals surface area contributed by atoms with Crippen LogP contribution in [0, 0.1) is 0 Å². The number of carbonyl (C=O) groups excluding carboxylic acids is 1. The highest BCUT2D eigenvalue weighted by Crippen LogP contribution is 2.47. The van der Waals surface area contributed by atoms with Crippen LogP contribution < -0.4 is 5.73 Å². The van der Waals surface area contributed by atoms with E-state index in [4.69, 9.17) is 10.5 Å². The molecular weight excluding hydrogens is 284 g/mol. The second-order valence-corrected chi connectivity index (χ2v) is 6.37. The van der Waals surface area contributed by atoms with Gasteiger partial charge in [0.25, 0.3) is 0 Å². The van der Waals surface area contributed by atoms with Crippen molar-refractivity contribution in [1.82, 2.24) is 14.8 Å². The first-order valence-corrected chi connectivity index (χ1v) is 8.07. The van der Waals surface area contributed by atoms with Crippen LogP contribution in [-0.4, -0.2) is 45.1 Å². The van der Waals surface area contributed by atoms with Crippen LogP contribution in [0.3, 0.4) is 0 Å². The normalized spacial score (nSPS) is 22.5. The first-order valence-electron chi connectivity index (χ1n) is 8.07. The van der Waals surface area contributed by atoms with Crippen LogP contribution in [0.5, 0.6) is 0 Å². The number of carbonyl (C=O) groups is 1. The molecule has 122 valence electrons. The van der Waals surface area contributed by atoms with Gasteiger partial charge in [0.15, 0.2) is 5.82 Å². The van der Waals surface area contributed by atoms with Gasteiger partial charge in [0.1, 0.15) is 11.2 Å². The molecule has 1 saturated carbocycles. The van der Waals surface area contributed by atoms with Crippen molar-refractivity contribution in [2.75, 3.05) is 13.2 Å². The van der Waals surface area contributed by atoms with Crippen molar-refractivity contribution in [2.45, 2.75) is 63.0 Å². The summed E-state index contributed by atoms with van der Waals surface area (Å²) in [6.07, 6.45) is 3.36. The molecule has 7 heteroatoms. The summed E-state index contributed by atoms with van der Waals surface area (Å²) in [5.41, 5.74) is 4.91. The summed E-state index contributed by atoms with van der Waals surface area (Å²) in [6.45, 7) is 3.71. The van der Waals surface area contributed by atoms with Crippen molar-refractivity contribution in [3.05, 3.63) is 11.6 Å². The molecule has 1 amide bonds. The van der Waals surface area contributed by atoms with Crippen molar-refractivity contribution >= 4 is 5.91 Å². The number of primary amides is 1. The summed E-state index contributed by atoms with van der Waals surface area (Å²) in [5, 5.41) is 14.5. The number of hydrogen-bond donors (Lipinski definition) is 2. The number of aliphatic hydroxyl groups is 1. The molecular formula is C15H24N4O3. The zero-order chi connectivity index (χ0) is 15.7. The molecule has 3 rings (SSSR count). The molecule has 1 atom stereocenters. The summed E-state index contributed by atoms with van der Waals surface area (Å²) < 4.78 is 7.09. The van der Waals surface area contributed by atoms with Crippen molar-refractivity contribution in [2.24, 2.45) is 5.73 Å². The maximum Gasteiger partial charge on any atom is 0.231 e. The fourth-order valence-electron chi connectivity index (χ4n) is 3.00. The summed E-state index contributed by atoms with van der Waals surface area (Å²) in [4.78, 5) is 16.5. The van der Waals surface area contributed by atoms with E-state index in [0.29, 0.717) is 32.0 Å². The van der Waals surface area contributed by atoms with Crippen LogP contribution in [0.15, 0.2) is 0 Å². The molecule has 0 spiro atoms. The zero-order valence-corrected chi connectivity index (χ0v) is 13.0. The van der Waals surface area contributed by atoms with Crippen molar-refractivity contribution in [3.8, 4) is 0 Å². The van der Waals surface area contributed by atoms with Gasteiger partial charge in [-0.15, -0.1) is 0 Å². The van der Waals surface area contributed by atoms with Gasteiger partial charge in [0, 0.05) is 19.1 Å². The third kappa shape index (κ3) is 2.75. The predicted octanol–water partition coefficient (Wildman–Crippen LogP) is 0.460. The lowest BCUT2D eigenvalue weighted by molar-refractivity contribution is -0.120. The monoisotopic (exact) mass is 308 g/mol. The van der Waals surface area contributed by atoms with E-state index in [2.05, 4.69) is 10.1 Å². The smallest absolute Gasteiger partial charge is 0.231 e. The van der Waals surface area contributed by atoms with Gasteiger partial charge >= 0.3 is 0 Å². The second-order valence-electron chi connectivity index (χ2n) is 6.37. The molecule has 1 aromatic rings. The minimum atomic E-state index is -0.677. The number of nitrogens with two attached hydrogens (primary N) is 1. The van der Waals surface area contributed by atoms with Gasteiger partial charge in [-0.3, -0.25) is 4.79 Å². The van der Waals surface area contributed by atoms with Gasteiger partial charge < -0.3 is 15.6 Å². The minimum Gasteiger partial charge on any atom is -0.391 e. The van der Waals surface area contributed by atoms with Crippen LogP contribution >= 0.6 is 0 Å². The lowest BCUT2D eigenvalue weighted by Crippen LogP contribution is -2.32. The molecule has 22 heavy (non-hydrogen) atoms. The Hall–Kier alpha value is -1.47. The van der Waals surface area contributed by atoms with E-state index in [1.807, 2.05) is 6.92 Å². The second kappa shape index (κ2) is 5.96. The van der Waals surface area contributed by atoms with E-state index in [1.54, 1.807) is 4.68 Å². The highest BCUT2D eigenvalue weighted by molar-refractivity contribution is 5.88. The number of nitrogens with zero attached hydrogens (tertiary/aromatic N) is 3. The van der Waals surface area contributed by atoms with Crippen LogP contribution in [0.2, 0.25) is 0 Å². The maximum atomic E-state index is 11.8. The Balaban J connectivity index is 1.92. The number of rotatable bonds is 6. The lowest BCUT2D eigenvalue weighted by atomic mass is 9.99. The fourth-order valence-corrected chi connectivity index (χ4v) is 3.00. The van der Waals surface area contributed by atoms with Gasteiger partial charge in [-0.2, -0.15) is 5.10 Å². The molecule has 0 aromatic carbocycles. The Morgan fingerprint density at radius 3 is 2.73 bits per heavy atom. The number of aromatic nitrogens is 3. The van der Waals surface area contributed by atoms with Gasteiger partial charge in [-0.25, -0.2) is 9.67 Å². The van der Waals surface area contributed by atoms with Crippen LogP contribution in [0.4, 0.5) is 0 Å². The van der Waals surface area contributed by atoms with Gasteiger partial charge in [0.2, 0.25) is 5.91 Å². The van der Waals surface area contributed by atoms with E-state index < -0.39 is 11.5 Å². The Morgan fingerprint density at radius 2 is 2.18 bits per heavy atom. The Morgan fingerprint density at radius 1 is 1.50 bits per heavy atom. The third-order valence-electron chi connectivity index (χ3n) is 4.78. The fraction of sp³-hybridized carbons (Fsp3) is 0.800. The van der Waals surface area contributed by atoms with E-state index in [1.165, 1.54) is 0 Å². The standard InChI is InChI=1S/C15H24N4O3/c1-2-11(20)9-19-14(15(5-6-15)13(16)21)17-12(18-19)10-3-7-22-8-4-10/h10-11,20H,2-9H2,1H3,(H2,16,21)/t11-/m1/s1. The largest absolute Gasteiger partial charge is 0.391 e. The number of amides is 1. The molecule has 0 radical (unpaired) electrons. The molecule has 3 N–H and O–H groups in total. The number of aliphatic hydroxyl groups excluding tert-OH is 1. The first-order chi connectivity index (χ1) is 10.6. The van der Waals surface area contributed by atoms with Crippen LogP contribution in [0.1, 0.15) is 56.6 Å². The zero-order valence-electron chi connectivity index (χ0n) is 13.0. The highest BCUT2D eigenvalue weighted by atomic mass is 16.5. The summed E-state index contributed by atoms with van der Waals surface area (Å²) in [6, 6.07) is 0. The van der Waals surface area contributed by atoms with Crippen LogP contribution in [-0.2, 0) is 21.5 Å². The quantitative estimate of drug-likeness (QED) is 0.794. The molecule has 2 fully saturated rings. The van der Waals surface area contributed by atoms with E-state index in [9.17, 15) is 9.90 Å². The van der Waals surface area contributed by atoms with Crippen molar-refractivity contribution in [3.63, 3.8) is 0 Å². The minimum absolute atomic E-state index is 0.260. The molecule has 2 heterocycles. The van der Waals surface area contributed by atoms with Crippen molar-refractivity contribution in [1.29, 1.82) is 0 Å². The lowest BCUT2D eigenvalue weighted by Gasteiger charge is -2.19. The van der Waals surface area contributed by atoms with Gasteiger partial charge in [0.05, 0.1) is 12.6 Å². The molecule has 0 unspecified atom stereocenters. The average molecular weight is 308 g/mol. The first kappa shape index (κ1) is 15.4. The molecule has 7 nitrogen and oxygen atoms in total.